The van der Waals surface area contributed by atoms with Crippen LogP contribution in [0.5, 0.6) is 0 Å². The molecular weight excluding hydrogens is 286 g/mol. The summed E-state index contributed by atoms with van der Waals surface area (Å²) in [5.41, 5.74) is -0.296. The first kappa shape index (κ1) is 12.7. The zero-order valence-corrected chi connectivity index (χ0v) is 11.5. The number of ether oxygens (including phenoxy) is 1. The van der Waals surface area contributed by atoms with Crippen LogP contribution < -0.4 is 4.90 Å². The van der Waals surface area contributed by atoms with E-state index in [-0.39, 0.29) is 18.3 Å². The van der Waals surface area contributed by atoms with Crippen LogP contribution >= 0.6 is 15.9 Å². The molecule has 0 radical (unpaired) electrons. The molecule has 0 aliphatic carbocycles. The molecule has 0 amide bonds. The number of hydrogen-bond acceptors (Lipinski definition) is 5. The predicted octanol–water partition coefficient (Wildman–Crippen LogP) is 1.22. The Bertz CT molecular complexity index is 400. The van der Waals surface area contributed by atoms with Crippen molar-refractivity contribution in [2.45, 2.75) is 25.6 Å². The number of halogens is 1. The average Bonchev–Trinajstić information content (AvgIpc) is 2.27. The highest BCUT2D eigenvalue weighted by Crippen LogP contribution is 2.28. The molecule has 5 nitrogen and oxygen atoms in total. The van der Waals surface area contributed by atoms with Crippen LogP contribution in [0.3, 0.4) is 0 Å². The molecule has 0 saturated carbocycles. The zero-order valence-electron chi connectivity index (χ0n) is 9.93. The minimum absolute atomic E-state index is 0.0165. The summed E-state index contributed by atoms with van der Waals surface area (Å²) in [4.78, 5) is 10.3. The van der Waals surface area contributed by atoms with E-state index in [1.807, 2.05) is 13.8 Å². The zero-order chi connectivity index (χ0) is 12.5. The van der Waals surface area contributed by atoms with Crippen molar-refractivity contribution in [1.29, 1.82) is 0 Å². The molecule has 1 atom stereocenters. The van der Waals surface area contributed by atoms with Gasteiger partial charge in [0.2, 0.25) is 0 Å². The van der Waals surface area contributed by atoms with Crippen LogP contribution in [0.2, 0.25) is 0 Å². The summed E-state index contributed by atoms with van der Waals surface area (Å²) in [6.07, 6.45) is 3.07. The van der Waals surface area contributed by atoms with Crippen LogP contribution in [-0.4, -0.2) is 46.5 Å². The normalized spacial score (nSPS) is 23.8. The third-order valence-corrected chi connectivity index (χ3v) is 3.19. The van der Waals surface area contributed by atoms with E-state index < -0.39 is 0 Å². The molecule has 1 N–H and O–H groups in total. The largest absolute Gasteiger partial charge is 0.394 e. The molecule has 1 aromatic heterocycles. The summed E-state index contributed by atoms with van der Waals surface area (Å²) in [7, 11) is 0. The van der Waals surface area contributed by atoms with Crippen molar-refractivity contribution in [1.82, 2.24) is 9.97 Å². The first-order valence-corrected chi connectivity index (χ1v) is 6.30. The fourth-order valence-corrected chi connectivity index (χ4v) is 2.56. The maximum atomic E-state index is 9.26. The van der Waals surface area contributed by atoms with Crippen molar-refractivity contribution >= 4 is 21.7 Å². The SMILES string of the molecule is CC1(C)CN(c2ncncc2Br)CC(CO)O1. The fourth-order valence-electron chi connectivity index (χ4n) is 2.09. The Kier molecular flexibility index (Phi) is 3.65. The maximum Gasteiger partial charge on any atom is 0.146 e. The van der Waals surface area contributed by atoms with E-state index in [1.54, 1.807) is 6.20 Å². The van der Waals surface area contributed by atoms with Crippen molar-refractivity contribution in [3.63, 3.8) is 0 Å². The highest BCUT2D eigenvalue weighted by molar-refractivity contribution is 9.10. The van der Waals surface area contributed by atoms with E-state index in [4.69, 9.17) is 4.74 Å². The lowest BCUT2D eigenvalue weighted by atomic mass is 10.1. The van der Waals surface area contributed by atoms with Gasteiger partial charge in [-0.15, -0.1) is 0 Å². The summed E-state index contributed by atoms with van der Waals surface area (Å²) in [6, 6.07) is 0. The predicted molar refractivity (Wildman–Crippen MR) is 68.0 cm³/mol. The lowest BCUT2D eigenvalue weighted by molar-refractivity contribution is -0.101. The van der Waals surface area contributed by atoms with Gasteiger partial charge in [-0.25, -0.2) is 9.97 Å². The van der Waals surface area contributed by atoms with Crippen molar-refractivity contribution in [3.05, 3.63) is 17.0 Å². The highest BCUT2D eigenvalue weighted by Gasteiger charge is 2.34. The molecule has 1 unspecified atom stereocenters. The lowest BCUT2D eigenvalue weighted by Crippen LogP contribution is -2.54. The van der Waals surface area contributed by atoms with E-state index in [1.165, 1.54) is 6.33 Å². The second-order valence-electron chi connectivity index (χ2n) is 4.76. The lowest BCUT2D eigenvalue weighted by Gasteiger charge is -2.43. The van der Waals surface area contributed by atoms with Gasteiger partial charge < -0.3 is 14.7 Å². The van der Waals surface area contributed by atoms with Crippen LogP contribution in [0.1, 0.15) is 13.8 Å². The summed E-state index contributed by atoms with van der Waals surface area (Å²) < 4.78 is 6.62. The van der Waals surface area contributed by atoms with Crippen LogP contribution in [0.15, 0.2) is 17.0 Å². The maximum absolute atomic E-state index is 9.26. The third kappa shape index (κ3) is 2.94. The number of morpholine rings is 1. The molecule has 1 aromatic rings. The minimum Gasteiger partial charge on any atom is -0.394 e. The Balaban J connectivity index is 2.24. The van der Waals surface area contributed by atoms with Crippen LogP contribution in [0.25, 0.3) is 0 Å². The van der Waals surface area contributed by atoms with E-state index in [9.17, 15) is 5.11 Å². The van der Waals surface area contributed by atoms with Gasteiger partial charge in [-0.2, -0.15) is 0 Å². The van der Waals surface area contributed by atoms with Gasteiger partial charge in [0.1, 0.15) is 12.1 Å². The number of aromatic nitrogens is 2. The number of anilines is 1. The molecule has 0 bridgehead atoms. The quantitative estimate of drug-likeness (QED) is 0.890. The fraction of sp³-hybridized carbons (Fsp3) is 0.636. The molecule has 0 aromatic carbocycles. The Morgan fingerprint density at radius 3 is 3.06 bits per heavy atom. The Morgan fingerprint density at radius 2 is 2.41 bits per heavy atom. The molecule has 1 fully saturated rings. The minimum atomic E-state index is -0.296. The highest BCUT2D eigenvalue weighted by atomic mass is 79.9. The number of hydrogen-bond donors (Lipinski definition) is 1. The van der Waals surface area contributed by atoms with Gasteiger partial charge in [0.15, 0.2) is 0 Å². The number of rotatable bonds is 2. The van der Waals surface area contributed by atoms with Crippen LogP contribution in [0, 0.1) is 0 Å². The van der Waals surface area contributed by atoms with Crippen molar-refractivity contribution in [3.8, 4) is 0 Å². The molecule has 17 heavy (non-hydrogen) atoms. The van der Waals surface area contributed by atoms with E-state index in [0.29, 0.717) is 6.54 Å². The van der Waals surface area contributed by atoms with Crippen molar-refractivity contribution in [2.24, 2.45) is 0 Å². The molecule has 1 aliphatic heterocycles. The van der Waals surface area contributed by atoms with Crippen LogP contribution in [-0.2, 0) is 4.74 Å². The smallest absolute Gasteiger partial charge is 0.146 e. The third-order valence-electron chi connectivity index (χ3n) is 2.63. The standard InChI is InChI=1S/C11H16BrN3O2/c1-11(2)6-15(4-8(5-16)17-11)10-9(12)3-13-7-14-10/h3,7-8,16H,4-6H2,1-2H3. The van der Waals surface area contributed by atoms with Gasteiger partial charge in [0.25, 0.3) is 0 Å². The van der Waals surface area contributed by atoms with Crippen molar-refractivity contribution < 1.29 is 9.84 Å². The van der Waals surface area contributed by atoms with Gasteiger partial charge in [0, 0.05) is 19.3 Å². The second-order valence-corrected chi connectivity index (χ2v) is 5.61. The van der Waals surface area contributed by atoms with Crippen LogP contribution in [0.4, 0.5) is 5.82 Å². The summed E-state index contributed by atoms with van der Waals surface area (Å²) >= 11 is 3.44. The average molecular weight is 302 g/mol. The van der Waals surface area contributed by atoms with Gasteiger partial charge >= 0.3 is 0 Å². The molecule has 6 heteroatoms. The molecule has 0 spiro atoms. The van der Waals surface area contributed by atoms with E-state index in [0.717, 1.165) is 16.8 Å². The van der Waals surface area contributed by atoms with E-state index in [2.05, 4.69) is 30.8 Å². The molecule has 1 saturated heterocycles. The number of aliphatic hydroxyl groups is 1. The Hall–Kier alpha value is -0.720. The van der Waals surface area contributed by atoms with Gasteiger partial charge in [-0.05, 0) is 29.8 Å². The van der Waals surface area contributed by atoms with Gasteiger partial charge in [0.05, 0.1) is 22.8 Å². The number of nitrogens with zero attached hydrogens (tertiary/aromatic N) is 3. The number of aliphatic hydroxyl groups excluding tert-OH is 1. The Morgan fingerprint density at radius 1 is 1.65 bits per heavy atom. The molecule has 2 heterocycles. The monoisotopic (exact) mass is 301 g/mol. The molecule has 1 aliphatic rings. The summed E-state index contributed by atoms with van der Waals surface area (Å²) in [6.45, 7) is 5.41. The van der Waals surface area contributed by atoms with Gasteiger partial charge in [-0.3, -0.25) is 0 Å². The van der Waals surface area contributed by atoms with E-state index >= 15 is 0 Å². The molecule has 94 valence electrons. The molecule has 2 rings (SSSR count). The first-order valence-electron chi connectivity index (χ1n) is 5.51. The summed E-state index contributed by atoms with van der Waals surface area (Å²) in [5, 5.41) is 9.26. The first-order chi connectivity index (χ1) is 8.02. The topological polar surface area (TPSA) is 58.5 Å². The van der Waals surface area contributed by atoms with Gasteiger partial charge in [-0.1, -0.05) is 0 Å². The summed E-state index contributed by atoms with van der Waals surface area (Å²) in [5.74, 6) is 0.842. The second kappa shape index (κ2) is 4.88. The van der Waals surface area contributed by atoms with Crippen molar-refractivity contribution in [2.75, 3.05) is 24.6 Å². The molecular formula is C11H16BrN3O2. The Labute approximate surface area is 109 Å².